The van der Waals surface area contributed by atoms with Crippen LogP contribution in [0.2, 0.25) is 0 Å². The summed E-state index contributed by atoms with van der Waals surface area (Å²) in [6.07, 6.45) is 1.50. The van der Waals surface area contributed by atoms with Crippen molar-refractivity contribution in [1.29, 1.82) is 0 Å². The highest BCUT2D eigenvalue weighted by Gasteiger charge is 2.30. The minimum atomic E-state index is -3.52. The van der Waals surface area contributed by atoms with Crippen molar-refractivity contribution in [3.8, 4) is 0 Å². The molecule has 1 saturated heterocycles. The van der Waals surface area contributed by atoms with Gasteiger partial charge >= 0.3 is 0 Å². The van der Waals surface area contributed by atoms with Crippen LogP contribution in [0.4, 0.5) is 5.82 Å². The Bertz CT molecular complexity index is 636. The van der Waals surface area contributed by atoms with E-state index in [2.05, 4.69) is 23.7 Å². The summed E-state index contributed by atoms with van der Waals surface area (Å²) in [6, 6.07) is 3.74. The van der Waals surface area contributed by atoms with Gasteiger partial charge in [-0.05, 0) is 46.8 Å². The molecule has 0 aliphatic carbocycles. The van der Waals surface area contributed by atoms with E-state index in [9.17, 15) is 8.42 Å². The van der Waals surface area contributed by atoms with E-state index in [1.165, 1.54) is 10.5 Å². The first kappa shape index (κ1) is 19.5. The Morgan fingerprint density at radius 2 is 1.83 bits per heavy atom. The lowest BCUT2D eigenvalue weighted by Crippen LogP contribution is -2.45. The van der Waals surface area contributed by atoms with Gasteiger partial charge < -0.3 is 4.90 Å². The van der Waals surface area contributed by atoms with Crippen molar-refractivity contribution < 1.29 is 8.42 Å². The molecule has 0 bridgehead atoms. The zero-order valence-electron chi connectivity index (χ0n) is 15.4. The Labute approximate surface area is 150 Å². The van der Waals surface area contributed by atoms with Crippen molar-refractivity contribution in [1.82, 2.24) is 9.29 Å². The van der Waals surface area contributed by atoms with Gasteiger partial charge in [0.1, 0.15) is 10.7 Å². The lowest BCUT2D eigenvalue weighted by molar-refractivity contribution is 0.302. The average molecular weight is 372 g/mol. The second kappa shape index (κ2) is 7.62. The second-order valence-electron chi connectivity index (χ2n) is 6.88. The van der Waals surface area contributed by atoms with Gasteiger partial charge in [0.25, 0.3) is 0 Å². The van der Waals surface area contributed by atoms with Crippen LogP contribution in [-0.4, -0.2) is 53.4 Å². The summed E-state index contributed by atoms with van der Waals surface area (Å²) in [4.78, 5) is 6.99. The van der Waals surface area contributed by atoms with Gasteiger partial charge in [-0.2, -0.15) is 16.1 Å². The van der Waals surface area contributed by atoms with Gasteiger partial charge in [0.2, 0.25) is 10.0 Å². The van der Waals surface area contributed by atoms with Crippen LogP contribution >= 0.6 is 11.8 Å². The number of thioether (sulfide) groups is 1. The third-order valence-corrected chi connectivity index (χ3v) is 8.07. The minimum Gasteiger partial charge on any atom is -0.352 e. The average Bonchev–Trinajstić information content (AvgIpc) is 2.49. The van der Waals surface area contributed by atoms with E-state index < -0.39 is 10.0 Å². The summed E-state index contributed by atoms with van der Waals surface area (Å²) in [5, 5.41) is 0.543. The molecule has 0 aromatic carbocycles. The lowest BCUT2D eigenvalue weighted by atomic mass is 10.2. The molecule has 1 aliphatic heterocycles. The fourth-order valence-corrected chi connectivity index (χ4v) is 6.10. The van der Waals surface area contributed by atoms with E-state index in [4.69, 9.17) is 0 Å². The summed E-state index contributed by atoms with van der Waals surface area (Å²) in [7, 11) is -3.52. The molecule has 24 heavy (non-hydrogen) atoms. The number of hydrogen-bond donors (Lipinski definition) is 0. The van der Waals surface area contributed by atoms with Crippen LogP contribution in [0, 0.1) is 0 Å². The maximum atomic E-state index is 12.9. The van der Waals surface area contributed by atoms with Gasteiger partial charge in [0.15, 0.2) is 0 Å². The predicted molar refractivity (Wildman–Crippen MR) is 102 cm³/mol. The normalized spacial score (nSPS) is 22.6. The minimum absolute atomic E-state index is 0.0883. The molecule has 2 heterocycles. The number of sulfonamides is 1. The van der Waals surface area contributed by atoms with Crippen molar-refractivity contribution in [2.75, 3.05) is 17.2 Å². The van der Waals surface area contributed by atoms with Crippen LogP contribution in [-0.2, 0) is 10.0 Å². The second-order valence-corrected chi connectivity index (χ2v) is 10.2. The van der Waals surface area contributed by atoms with Gasteiger partial charge in [-0.3, -0.25) is 0 Å². The van der Waals surface area contributed by atoms with Crippen LogP contribution in [0.15, 0.2) is 23.2 Å². The monoisotopic (exact) mass is 371 g/mol. The molecular formula is C17H29N3O2S2. The zero-order valence-corrected chi connectivity index (χ0v) is 17.1. The molecule has 5 nitrogen and oxygen atoms in total. The van der Waals surface area contributed by atoms with Crippen molar-refractivity contribution in [2.45, 2.75) is 69.8 Å². The SMILES string of the molecule is CC1SCCN(c2ccc(S(=O)(=O)N(C(C)C)C(C)C)cn2)C1C. The van der Waals surface area contributed by atoms with Crippen molar-refractivity contribution in [2.24, 2.45) is 0 Å². The van der Waals surface area contributed by atoms with Gasteiger partial charge in [-0.1, -0.05) is 6.92 Å². The molecule has 0 amide bonds. The topological polar surface area (TPSA) is 53.5 Å². The quantitative estimate of drug-likeness (QED) is 0.795. The van der Waals surface area contributed by atoms with Crippen LogP contribution < -0.4 is 4.90 Å². The van der Waals surface area contributed by atoms with Gasteiger partial charge in [0, 0.05) is 41.9 Å². The molecule has 136 valence electrons. The lowest BCUT2D eigenvalue weighted by Gasteiger charge is -2.38. The highest BCUT2D eigenvalue weighted by Crippen LogP contribution is 2.29. The molecule has 0 saturated carbocycles. The molecular weight excluding hydrogens is 342 g/mol. The largest absolute Gasteiger partial charge is 0.352 e. The smallest absolute Gasteiger partial charge is 0.245 e. The van der Waals surface area contributed by atoms with Crippen LogP contribution in [0.1, 0.15) is 41.5 Å². The highest BCUT2D eigenvalue weighted by atomic mass is 32.2. The fourth-order valence-electron chi connectivity index (χ4n) is 3.22. The maximum absolute atomic E-state index is 12.9. The molecule has 1 aliphatic rings. The Morgan fingerprint density at radius 1 is 1.21 bits per heavy atom. The molecule has 0 radical (unpaired) electrons. The number of nitrogens with zero attached hydrogens (tertiary/aromatic N) is 3. The molecule has 0 N–H and O–H groups in total. The molecule has 0 spiro atoms. The van der Waals surface area contributed by atoms with Crippen molar-refractivity contribution in [3.63, 3.8) is 0 Å². The highest BCUT2D eigenvalue weighted by molar-refractivity contribution is 8.00. The summed E-state index contributed by atoms with van der Waals surface area (Å²) >= 11 is 1.97. The van der Waals surface area contributed by atoms with Crippen LogP contribution in [0.3, 0.4) is 0 Å². The number of hydrogen-bond acceptors (Lipinski definition) is 5. The number of anilines is 1. The van der Waals surface area contributed by atoms with E-state index in [0.29, 0.717) is 11.3 Å². The molecule has 1 aromatic rings. The van der Waals surface area contributed by atoms with Crippen LogP contribution in [0.5, 0.6) is 0 Å². The number of rotatable bonds is 5. The molecule has 1 aromatic heterocycles. The summed E-state index contributed by atoms with van der Waals surface area (Å²) in [5.74, 6) is 1.93. The molecule has 7 heteroatoms. The summed E-state index contributed by atoms with van der Waals surface area (Å²) in [5.41, 5.74) is 0. The Kier molecular flexibility index (Phi) is 6.20. The Morgan fingerprint density at radius 3 is 2.33 bits per heavy atom. The standard InChI is InChI=1S/C17H29N3O2S2/c1-12(2)20(13(3)4)24(21,22)16-7-8-17(18-11-16)19-9-10-23-15(6)14(19)5/h7-8,11-15H,9-10H2,1-6H3. The van der Waals surface area contributed by atoms with Gasteiger partial charge in [-0.15, -0.1) is 0 Å². The van der Waals surface area contributed by atoms with E-state index in [0.717, 1.165) is 18.1 Å². The Hall–Kier alpha value is -0.790. The molecule has 2 unspecified atom stereocenters. The Balaban J connectivity index is 2.28. The predicted octanol–water partition coefficient (Wildman–Crippen LogP) is 3.22. The first-order valence-corrected chi connectivity index (χ1v) is 11.0. The van der Waals surface area contributed by atoms with Crippen molar-refractivity contribution in [3.05, 3.63) is 18.3 Å². The molecule has 1 fully saturated rings. The molecule has 2 rings (SSSR count). The van der Waals surface area contributed by atoms with Gasteiger partial charge in [-0.25, -0.2) is 13.4 Å². The van der Waals surface area contributed by atoms with E-state index >= 15 is 0 Å². The zero-order chi connectivity index (χ0) is 18.1. The fraction of sp³-hybridized carbons (Fsp3) is 0.706. The van der Waals surface area contributed by atoms with E-state index in [1.54, 1.807) is 6.07 Å². The maximum Gasteiger partial charge on any atom is 0.245 e. The van der Waals surface area contributed by atoms with E-state index in [1.807, 2.05) is 45.5 Å². The third kappa shape index (κ3) is 3.89. The molecule has 2 atom stereocenters. The van der Waals surface area contributed by atoms with Gasteiger partial charge in [0.05, 0.1) is 0 Å². The third-order valence-electron chi connectivity index (χ3n) is 4.49. The van der Waals surface area contributed by atoms with Crippen LogP contribution in [0.25, 0.3) is 0 Å². The first-order valence-electron chi connectivity index (χ1n) is 8.54. The summed E-state index contributed by atoms with van der Waals surface area (Å²) in [6.45, 7) is 13.0. The van der Waals surface area contributed by atoms with E-state index in [-0.39, 0.29) is 17.0 Å². The summed E-state index contributed by atoms with van der Waals surface area (Å²) < 4.78 is 27.3. The number of pyridine rings is 1. The first-order chi connectivity index (χ1) is 11.2. The number of aromatic nitrogens is 1. The van der Waals surface area contributed by atoms with Crippen molar-refractivity contribution >= 4 is 27.6 Å².